The zero-order valence-electron chi connectivity index (χ0n) is 36.0. The Morgan fingerprint density at radius 3 is 2.24 bits per heavy atom. The molecule has 0 aromatic heterocycles. The number of hydrogen-bond donors (Lipinski definition) is 6. The van der Waals surface area contributed by atoms with Crippen molar-refractivity contribution >= 4 is 41.0 Å². The number of nitrogens with one attached hydrogen (secondary N) is 2. The van der Waals surface area contributed by atoms with Crippen LogP contribution in [0.3, 0.4) is 0 Å². The summed E-state index contributed by atoms with van der Waals surface area (Å²) >= 11 is 5.96. The van der Waals surface area contributed by atoms with Crippen molar-refractivity contribution < 1.29 is 34.2 Å². The number of rotatable bonds is 12. The minimum atomic E-state index is -2.31. The Morgan fingerprint density at radius 2 is 1.61 bits per heavy atom. The van der Waals surface area contributed by atoms with Gasteiger partial charge in [-0.1, -0.05) is 51.8 Å². The minimum Gasteiger partial charge on any atom is -0.481 e. The van der Waals surface area contributed by atoms with E-state index in [9.17, 15) is 34.2 Å². The molecule has 2 amide bonds. The normalized spacial score (nSPS) is 37.0. The molecule has 6 aliphatic rings. The van der Waals surface area contributed by atoms with Crippen molar-refractivity contribution in [3.8, 4) is 0 Å². The molecule has 13 unspecified atom stereocenters. The first-order chi connectivity index (χ1) is 27.9. The van der Waals surface area contributed by atoms with Gasteiger partial charge in [0, 0.05) is 41.3 Å². The van der Waals surface area contributed by atoms with Crippen molar-refractivity contribution in [3.05, 3.63) is 46.0 Å². The lowest BCUT2D eigenvalue weighted by atomic mass is 9.42. The van der Waals surface area contributed by atoms with Crippen LogP contribution in [0.2, 0.25) is 5.02 Å². The summed E-state index contributed by atoms with van der Waals surface area (Å²) in [4.78, 5) is 65.2. The fraction of sp³-hybridized carbons (Fsp3) is 0.723. The Kier molecular flexibility index (Phi) is 13.6. The molecule has 0 spiro atoms. The monoisotopic (exact) mass is 836 g/mol. The van der Waals surface area contributed by atoms with E-state index >= 15 is 0 Å². The largest absolute Gasteiger partial charge is 0.481 e. The van der Waals surface area contributed by atoms with E-state index in [0.717, 1.165) is 44.1 Å². The molecule has 5 fully saturated rings. The van der Waals surface area contributed by atoms with Gasteiger partial charge >= 0.3 is 5.97 Å². The van der Waals surface area contributed by atoms with Gasteiger partial charge in [-0.15, -0.1) is 0 Å². The summed E-state index contributed by atoms with van der Waals surface area (Å²) in [6.45, 7) is 10.8. The number of aliphatic hydroxyl groups is 1. The van der Waals surface area contributed by atoms with E-state index in [-0.39, 0.29) is 58.2 Å². The number of aliphatic carboxylic acids is 1. The number of nitrogens with two attached hydrogens (primary N) is 2. The molecule has 0 saturated heterocycles. The van der Waals surface area contributed by atoms with Crippen molar-refractivity contribution in [2.24, 2.45) is 87.4 Å². The molecule has 12 heteroatoms. The van der Waals surface area contributed by atoms with E-state index in [1.165, 1.54) is 37.6 Å². The third-order valence-corrected chi connectivity index (χ3v) is 17.1. The van der Waals surface area contributed by atoms with E-state index < -0.39 is 30.1 Å². The van der Waals surface area contributed by atoms with Gasteiger partial charge in [-0.2, -0.15) is 0 Å². The number of allylic oxidation sites excluding steroid dienone is 2. The second-order valence-electron chi connectivity index (χ2n) is 19.7. The van der Waals surface area contributed by atoms with Crippen LogP contribution in [0.1, 0.15) is 122 Å². The molecule has 1 aromatic rings. The number of amides is 2. The highest BCUT2D eigenvalue weighted by Crippen LogP contribution is 2.68. The molecule has 0 heterocycles. The Hall–Kier alpha value is -3.12. The Labute approximate surface area is 355 Å². The number of carbonyl (C=O) groups is 5. The highest BCUT2D eigenvalue weighted by molar-refractivity contribution is 6.30. The number of carboxylic acid groups (broad SMARTS) is 1. The van der Waals surface area contributed by atoms with Gasteiger partial charge < -0.3 is 32.3 Å². The van der Waals surface area contributed by atoms with Crippen LogP contribution in [0.5, 0.6) is 0 Å². The molecular weight excluding hydrogens is 768 g/mol. The number of carboxylic acids is 1. The summed E-state index contributed by atoms with van der Waals surface area (Å²) in [5.41, 5.74) is 10.5. The maximum absolute atomic E-state index is 13.9. The molecule has 11 nitrogen and oxygen atoms in total. The van der Waals surface area contributed by atoms with Crippen molar-refractivity contribution in [1.29, 1.82) is 0 Å². The maximum atomic E-state index is 13.9. The third kappa shape index (κ3) is 8.19. The van der Waals surface area contributed by atoms with Crippen LogP contribution in [0.4, 0.5) is 0 Å². The predicted molar refractivity (Wildman–Crippen MR) is 228 cm³/mol. The average molecular weight is 838 g/mol. The molecule has 0 radical (unpaired) electrons. The predicted octanol–water partition coefficient (Wildman–Crippen LogP) is 6.54. The van der Waals surface area contributed by atoms with Crippen LogP contribution in [-0.2, 0) is 19.2 Å². The fourth-order valence-corrected chi connectivity index (χ4v) is 13.8. The van der Waals surface area contributed by atoms with Gasteiger partial charge in [0.05, 0.1) is 12.5 Å². The van der Waals surface area contributed by atoms with Crippen LogP contribution in [-0.4, -0.2) is 65.4 Å². The van der Waals surface area contributed by atoms with Crippen LogP contribution in [0.25, 0.3) is 0 Å². The van der Waals surface area contributed by atoms with Gasteiger partial charge in [-0.3, -0.25) is 24.0 Å². The number of Topliss-reactive ketones (excluding diaryl/α,β-unsaturated/α-hetero) is 2. The number of halogens is 1. The number of hydrogen-bond acceptors (Lipinski definition) is 8. The van der Waals surface area contributed by atoms with Gasteiger partial charge in [0.1, 0.15) is 5.78 Å². The molecule has 1 aromatic carbocycles. The number of ketones is 2. The second kappa shape index (κ2) is 17.7. The smallest absolute Gasteiger partial charge is 0.306 e. The molecule has 0 bridgehead atoms. The first-order valence-electron chi connectivity index (χ1n) is 22.3. The number of fused-ring (bicyclic) bond motifs is 7. The summed E-state index contributed by atoms with van der Waals surface area (Å²) in [6, 6.07) is 6.12. The van der Waals surface area contributed by atoms with E-state index in [1.54, 1.807) is 12.1 Å². The molecule has 7 rings (SSSR count). The van der Waals surface area contributed by atoms with Gasteiger partial charge in [-0.05, 0) is 160 Å². The molecule has 6 aliphatic carbocycles. The Bertz CT molecular complexity index is 1820. The average Bonchev–Trinajstić information content (AvgIpc) is 3.51. The summed E-state index contributed by atoms with van der Waals surface area (Å²) in [5, 5.41) is 26.4. The van der Waals surface area contributed by atoms with Crippen LogP contribution in [0, 0.1) is 75.9 Å². The van der Waals surface area contributed by atoms with Gasteiger partial charge in [0.15, 0.2) is 5.78 Å². The highest BCUT2D eigenvalue weighted by atomic mass is 35.5. The molecule has 8 N–H and O–H groups in total. The lowest BCUT2D eigenvalue weighted by Crippen LogP contribution is -2.63. The molecule has 59 heavy (non-hydrogen) atoms. The van der Waals surface area contributed by atoms with E-state index in [2.05, 4.69) is 44.1 Å². The molecular formula is C47H69ClN4O7. The fourth-order valence-electron chi connectivity index (χ4n) is 13.7. The highest BCUT2D eigenvalue weighted by Gasteiger charge is 2.61. The van der Waals surface area contributed by atoms with Crippen molar-refractivity contribution in [2.45, 2.75) is 117 Å². The Balaban J connectivity index is 0.00000288. The molecule has 0 aliphatic heterocycles. The number of benzene rings is 1. The zero-order valence-corrected chi connectivity index (χ0v) is 36.8. The van der Waals surface area contributed by atoms with Crippen molar-refractivity contribution in [2.75, 3.05) is 20.1 Å². The third-order valence-electron chi connectivity index (χ3n) is 16.8. The summed E-state index contributed by atoms with van der Waals surface area (Å²) in [5.74, 6) is 1.29. The van der Waals surface area contributed by atoms with Crippen molar-refractivity contribution in [1.82, 2.24) is 10.6 Å². The van der Waals surface area contributed by atoms with E-state index in [1.807, 2.05) is 6.92 Å². The summed E-state index contributed by atoms with van der Waals surface area (Å²) < 4.78 is 0. The van der Waals surface area contributed by atoms with E-state index in [0.29, 0.717) is 72.1 Å². The lowest BCUT2D eigenvalue weighted by molar-refractivity contribution is -0.154. The topological polar surface area (TPSA) is 202 Å². The quantitative estimate of drug-likeness (QED) is 0.126. The standard InChI is InChI=1S/C46H64ClN3O7.CH5N/c1-24(2)39-38(52)22-45(18-19-49-43(56)46(57,23-48)50-41(53)27-6-8-29(47)9-7-27)17-15-30-31-10-12-35-25(3)28(20-37(51)33-21-34(26(33)4)42(54)55)14-16-44(35,5)36(31)13-11-32(30)40(39)45;1-2/h6-9,24-26,28,30-36,57H,10-23,48H2,1-5H3,(H,49,56)(H,50,53)(H,54,55);2H2,1H3. The summed E-state index contributed by atoms with van der Waals surface area (Å²) in [7, 11) is 1.50. The first-order valence-corrected chi connectivity index (χ1v) is 22.7. The molecule has 326 valence electrons. The number of carbonyl (C=O) groups excluding carboxylic acids is 4. The van der Waals surface area contributed by atoms with Gasteiger partial charge in [-0.25, -0.2) is 0 Å². The summed E-state index contributed by atoms with van der Waals surface area (Å²) in [6.07, 6.45) is 10.8. The SMILES string of the molecule is CC(C)C1=C2C3CCC4C(CCC5C(C)C(CC(=O)C6CC(C(=O)O)C6C)CCC54C)C3CCC2(CCNC(=O)C(O)(CN)NC(=O)c2ccc(Cl)cc2)CC1=O.CN. The lowest BCUT2D eigenvalue weighted by Gasteiger charge is -2.63. The minimum absolute atomic E-state index is 0.0732. The van der Waals surface area contributed by atoms with E-state index in [4.69, 9.17) is 17.3 Å². The first kappa shape index (κ1) is 45.4. The zero-order chi connectivity index (χ0) is 43.2. The maximum Gasteiger partial charge on any atom is 0.306 e. The Morgan fingerprint density at radius 1 is 0.932 bits per heavy atom. The molecule has 13 atom stereocenters. The molecule has 5 saturated carbocycles. The van der Waals surface area contributed by atoms with Crippen molar-refractivity contribution in [3.63, 3.8) is 0 Å². The van der Waals surface area contributed by atoms with Crippen LogP contribution < -0.4 is 22.1 Å². The van der Waals surface area contributed by atoms with Gasteiger partial charge in [0.25, 0.3) is 11.8 Å². The van der Waals surface area contributed by atoms with Crippen LogP contribution in [0.15, 0.2) is 35.4 Å². The van der Waals surface area contributed by atoms with Crippen LogP contribution >= 0.6 is 11.6 Å². The second-order valence-corrected chi connectivity index (χ2v) is 20.2. The van der Waals surface area contributed by atoms with Gasteiger partial charge in [0.2, 0.25) is 5.72 Å².